The molecule has 6 nitrogen and oxygen atoms in total. The molecule has 5 rings (SSSR count). The van der Waals surface area contributed by atoms with Crippen molar-refractivity contribution in [3.63, 3.8) is 0 Å². The predicted molar refractivity (Wildman–Crippen MR) is 103 cm³/mol. The third kappa shape index (κ3) is 3.15. The van der Waals surface area contributed by atoms with Crippen LogP contribution in [0.5, 0.6) is 23.0 Å². The summed E-state index contributed by atoms with van der Waals surface area (Å²) < 4.78 is 22.0. The van der Waals surface area contributed by atoms with E-state index >= 15 is 0 Å². The predicted octanol–water partition coefficient (Wildman–Crippen LogP) is 3.56. The first-order chi connectivity index (χ1) is 13.8. The standard InChI is InChI=1S/C22H21NO5/c24-22(8-4-15-3-6-19-20(12-15)28-14-27-19)23-9-1-2-17(23)16-5-7-18-21(13-16)26-11-10-25-18/h3-8,12-13,17H,1-2,9-11,14H2/b8-4+. The van der Waals surface area contributed by atoms with Gasteiger partial charge in [0, 0.05) is 12.6 Å². The van der Waals surface area contributed by atoms with Crippen molar-refractivity contribution < 1.29 is 23.7 Å². The van der Waals surface area contributed by atoms with Crippen molar-refractivity contribution in [1.29, 1.82) is 0 Å². The molecule has 0 radical (unpaired) electrons. The summed E-state index contributed by atoms with van der Waals surface area (Å²) >= 11 is 0. The second kappa shape index (κ2) is 7.11. The molecule has 1 amide bonds. The monoisotopic (exact) mass is 379 g/mol. The summed E-state index contributed by atoms with van der Waals surface area (Å²) in [6, 6.07) is 11.7. The molecular formula is C22H21NO5. The third-order valence-corrected chi connectivity index (χ3v) is 5.30. The number of hydrogen-bond donors (Lipinski definition) is 0. The van der Waals surface area contributed by atoms with Gasteiger partial charge >= 0.3 is 0 Å². The molecule has 0 saturated carbocycles. The van der Waals surface area contributed by atoms with E-state index < -0.39 is 0 Å². The number of nitrogens with zero attached hydrogens (tertiary/aromatic N) is 1. The van der Waals surface area contributed by atoms with E-state index in [0.717, 1.165) is 47.8 Å². The number of benzene rings is 2. The Hall–Kier alpha value is -3.15. The highest BCUT2D eigenvalue weighted by molar-refractivity contribution is 5.92. The van der Waals surface area contributed by atoms with Crippen LogP contribution in [0.15, 0.2) is 42.5 Å². The first-order valence-corrected chi connectivity index (χ1v) is 9.56. The van der Waals surface area contributed by atoms with Gasteiger partial charge < -0.3 is 23.8 Å². The van der Waals surface area contributed by atoms with Crippen molar-refractivity contribution in [1.82, 2.24) is 4.90 Å². The zero-order chi connectivity index (χ0) is 18.9. The molecule has 0 spiro atoms. The van der Waals surface area contributed by atoms with Gasteiger partial charge in [0.25, 0.3) is 0 Å². The maximum atomic E-state index is 12.9. The molecule has 1 saturated heterocycles. The Labute approximate surface area is 163 Å². The van der Waals surface area contributed by atoms with Crippen LogP contribution in [-0.2, 0) is 4.79 Å². The molecule has 1 atom stereocenters. The van der Waals surface area contributed by atoms with Gasteiger partial charge in [0.05, 0.1) is 6.04 Å². The first-order valence-electron chi connectivity index (χ1n) is 9.56. The van der Waals surface area contributed by atoms with Gasteiger partial charge in [-0.3, -0.25) is 4.79 Å². The molecule has 3 aliphatic heterocycles. The Morgan fingerprint density at radius 1 is 0.929 bits per heavy atom. The average molecular weight is 379 g/mol. The van der Waals surface area contributed by atoms with Gasteiger partial charge in [0.2, 0.25) is 12.7 Å². The van der Waals surface area contributed by atoms with Gasteiger partial charge in [-0.1, -0.05) is 12.1 Å². The van der Waals surface area contributed by atoms with Gasteiger partial charge in [-0.2, -0.15) is 0 Å². The smallest absolute Gasteiger partial charge is 0.247 e. The van der Waals surface area contributed by atoms with Crippen LogP contribution in [0.25, 0.3) is 6.08 Å². The van der Waals surface area contributed by atoms with Crippen LogP contribution in [-0.4, -0.2) is 37.4 Å². The molecule has 0 N–H and O–H groups in total. The Balaban J connectivity index is 1.33. The molecule has 2 aromatic carbocycles. The SMILES string of the molecule is O=C(/C=C/c1ccc2c(c1)OCO2)N1CCCC1c1ccc2c(c1)OCCO2. The van der Waals surface area contributed by atoms with E-state index in [2.05, 4.69) is 0 Å². The fraction of sp³-hybridized carbons (Fsp3) is 0.318. The minimum Gasteiger partial charge on any atom is -0.486 e. The van der Waals surface area contributed by atoms with Crippen molar-refractivity contribution in [3.8, 4) is 23.0 Å². The number of fused-ring (bicyclic) bond motifs is 2. The van der Waals surface area contributed by atoms with Crippen molar-refractivity contribution in [3.05, 3.63) is 53.6 Å². The van der Waals surface area contributed by atoms with Crippen LogP contribution < -0.4 is 18.9 Å². The first kappa shape index (κ1) is 17.0. The molecule has 144 valence electrons. The lowest BCUT2D eigenvalue weighted by Gasteiger charge is -2.26. The number of ether oxygens (including phenoxy) is 4. The quantitative estimate of drug-likeness (QED) is 0.763. The van der Waals surface area contributed by atoms with Crippen LogP contribution in [0.3, 0.4) is 0 Å². The number of carbonyl (C=O) groups is 1. The second-order valence-corrected chi connectivity index (χ2v) is 7.04. The van der Waals surface area contributed by atoms with E-state index in [1.165, 1.54) is 0 Å². The van der Waals surface area contributed by atoms with Crippen molar-refractivity contribution in [2.45, 2.75) is 18.9 Å². The molecule has 6 heteroatoms. The molecule has 0 bridgehead atoms. The summed E-state index contributed by atoms with van der Waals surface area (Å²) in [5, 5.41) is 0. The number of likely N-dealkylation sites (tertiary alicyclic amines) is 1. The number of rotatable bonds is 3. The highest BCUT2D eigenvalue weighted by Gasteiger charge is 2.29. The van der Waals surface area contributed by atoms with Crippen molar-refractivity contribution in [2.24, 2.45) is 0 Å². The largest absolute Gasteiger partial charge is 0.486 e. The van der Waals surface area contributed by atoms with Crippen LogP contribution in [0.1, 0.15) is 30.0 Å². The fourth-order valence-electron chi connectivity index (χ4n) is 3.92. The Kier molecular flexibility index (Phi) is 4.31. The fourth-order valence-corrected chi connectivity index (χ4v) is 3.92. The summed E-state index contributed by atoms with van der Waals surface area (Å²) in [5.74, 6) is 2.99. The number of carbonyl (C=O) groups excluding carboxylic acids is 1. The van der Waals surface area contributed by atoms with E-state index in [-0.39, 0.29) is 18.7 Å². The minimum absolute atomic E-state index is 0.00931. The van der Waals surface area contributed by atoms with Gasteiger partial charge in [0.1, 0.15) is 13.2 Å². The molecule has 0 aliphatic carbocycles. The summed E-state index contributed by atoms with van der Waals surface area (Å²) in [4.78, 5) is 14.8. The van der Waals surface area contributed by atoms with E-state index in [4.69, 9.17) is 18.9 Å². The van der Waals surface area contributed by atoms with Crippen molar-refractivity contribution >= 4 is 12.0 Å². The summed E-state index contributed by atoms with van der Waals surface area (Å²) in [6.45, 7) is 2.13. The van der Waals surface area contributed by atoms with Gasteiger partial charge in [-0.05, 0) is 54.3 Å². The van der Waals surface area contributed by atoms with E-state index in [9.17, 15) is 4.79 Å². The maximum Gasteiger partial charge on any atom is 0.247 e. The highest BCUT2D eigenvalue weighted by Crippen LogP contribution is 2.38. The summed E-state index contributed by atoms with van der Waals surface area (Å²) in [7, 11) is 0. The van der Waals surface area contributed by atoms with Gasteiger partial charge in [-0.15, -0.1) is 0 Å². The third-order valence-electron chi connectivity index (χ3n) is 5.30. The zero-order valence-corrected chi connectivity index (χ0v) is 15.4. The molecule has 1 fully saturated rings. The average Bonchev–Trinajstić information content (AvgIpc) is 3.40. The zero-order valence-electron chi connectivity index (χ0n) is 15.4. The lowest BCUT2D eigenvalue weighted by atomic mass is 10.0. The maximum absolute atomic E-state index is 12.9. The molecule has 3 aliphatic rings. The molecular weight excluding hydrogens is 358 g/mol. The lowest BCUT2D eigenvalue weighted by Crippen LogP contribution is -2.29. The minimum atomic E-state index is 0.00931. The summed E-state index contributed by atoms with van der Waals surface area (Å²) in [5.41, 5.74) is 2.00. The van der Waals surface area contributed by atoms with Crippen molar-refractivity contribution in [2.75, 3.05) is 26.6 Å². The summed E-state index contributed by atoms with van der Waals surface area (Å²) in [6.07, 6.45) is 5.39. The molecule has 3 heterocycles. The van der Waals surface area contributed by atoms with E-state index in [0.29, 0.717) is 19.0 Å². The second-order valence-electron chi connectivity index (χ2n) is 7.04. The molecule has 0 aromatic heterocycles. The topological polar surface area (TPSA) is 57.2 Å². The van der Waals surface area contributed by atoms with Crippen LogP contribution in [0.2, 0.25) is 0 Å². The Bertz CT molecular complexity index is 939. The van der Waals surface area contributed by atoms with Gasteiger partial charge in [-0.25, -0.2) is 0 Å². The molecule has 2 aromatic rings. The number of amides is 1. The number of hydrogen-bond acceptors (Lipinski definition) is 5. The Morgan fingerprint density at radius 2 is 1.68 bits per heavy atom. The normalized spacial score (nSPS) is 20.0. The highest BCUT2D eigenvalue weighted by atomic mass is 16.7. The van der Waals surface area contributed by atoms with Crippen LogP contribution >= 0.6 is 0 Å². The van der Waals surface area contributed by atoms with Crippen LogP contribution in [0.4, 0.5) is 0 Å². The molecule has 28 heavy (non-hydrogen) atoms. The van der Waals surface area contributed by atoms with Gasteiger partial charge in [0.15, 0.2) is 23.0 Å². The lowest BCUT2D eigenvalue weighted by molar-refractivity contribution is -0.126. The van der Waals surface area contributed by atoms with Crippen LogP contribution in [0, 0.1) is 0 Å². The Morgan fingerprint density at radius 3 is 2.61 bits per heavy atom. The van der Waals surface area contributed by atoms with E-state index in [1.54, 1.807) is 6.08 Å². The van der Waals surface area contributed by atoms with E-state index in [1.807, 2.05) is 47.4 Å². The molecule has 1 unspecified atom stereocenters.